The van der Waals surface area contributed by atoms with E-state index in [1.54, 1.807) is 24.3 Å². The van der Waals surface area contributed by atoms with Gasteiger partial charge in [0.1, 0.15) is 0 Å². The van der Waals surface area contributed by atoms with E-state index in [1.807, 2.05) is 0 Å². The van der Waals surface area contributed by atoms with Gasteiger partial charge in [0.2, 0.25) is 11.8 Å². The van der Waals surface area contributed by atoms with Gasteiger partial charge in [0, 0.05) is 5.02 Å². The van der Waals surface area contributed by atoms with Crippen LogP contribution in [-0.2, 0) is 19.1 Å². The van der Waals surface area contributed by atoms with Crippen LogP contribution in [0.25, 0.3) is 0 Å². The summed E-state index contributed by atoms with van der Waals surface area (Å²) < 4.78 is 5.06. The first-order valence-corrected chi connectivity index (χ1v) is 11.5. The molecular weight excluding hydrogens is 467 g/mol. The van der Waals surface area contributed by atoms with Gasteiger partial charge in [-0.3, -0.25) is 19.3 Å². The van der Waals surface area contributed by atoms with Crippen molar-refractivity contribution in [1.29, 1.82) is 0 Å². The molecule has 0 unspecified atom stereocenters. The van der Waals surface area contributed by atoms with E-state index in [-0.39, 0.29) is 34.2 Å². The molecule has 0 aromatic heterocycles. The molecule has 9 heteroatoms. The van der Waals surface area contributed by atoms with Gasteiger partial charge in [-0.2, -0.15) is 0 Å². The summed E-state index contributed by atoms with van der Waals surface area (Å²) >= 11 is 11.8. The van der Waals surface area contributed by atoms with E-state index >= 15 is 0 Å². The standard InChI is InChI=1S/C24H20Cl2N2O5/c25-15-5-8-18(17(26)10-15)27-19(29)11-33-24(32)12-3-6-16(7-4-12)28-22(30)20-13-1-2-14(9-13)21(20)23(28)31/h3-8,10,13-14,20-21H,1-2,9,11H2,(H,27,29)/t13-,14-,20-,21-/m0/s1. The van der Waals surface area contributed by atoms with Crippen molar-refractivity contribution < 1.29 is 23.9 Å². The molecule has 1 heterocycles. The SMILES string of the molecule is O=C(COC(=O)c1ccc(N2C(=O)[C@H]3[C@H]4CC[C@@H](C4)[C@@H]3C2=O)cc1)Nc1ccc(Cl)cc1Cl. The Labute approximate surface area is 200 Å². The summed E-state index contributed by atoms with van der Waals surface area (Å²) in [7, 11) is 0. The maximum Gasteiger partial charge on any atom is 0.338 e. The van der Waals surface area contributed by atoms with Gasteiger partial charge in [-0.05, 0) is 73.6 Å². The molecule has 3 aliphatic rings. The number of imide groups is 1. The lowest BCUT2D eigenvalue weighted by Gasteiger charge is -2.19. The van der Waals surface area contributed by atoms with Crippen LogP contribution in [0, 0.1) is 23.7 Å². The van der Waals surface area contributed by atoms with Gasteiger partial charge >= 0.3 is 5.97 Å². The van der Waals surface area contributed by atoms with Crippen LogP contribution in [0.2, 0.25) is 10.0 Å². The van der Waals surface area contributed by atoms with E-state index in [0.29, 0.717) is 28.2 Å². The molecule has 3 fully saturated rings. The van der Waals surface area contributed by atoms with Crippen LogP contribution >= 0.6 is 23.2 Å². The fourth-order valence-corrected chi connectivity index (χ4v) is 5.86. The smallest absolute Gasteiger partial charge is 0.338 e. The topological polar surface area (TPSA) is 92.8 Å². The van der Waals surface area contributed by atoms with Gasteiger partial charge in [-0.15, -0.1) is 0 Å². The summed E-state index contributed by atoms with van der Waals surface area (Å²) in [6.45, 7) is -0.505. The zero-order valence-corrected chi connectivity index (χ0v) is 18.9. The molecule has 7 nitrogen and oxygen atoms in total. The molecule has 1 aliphatic heterocycles. The van der Waals surface area contributed by atoms with Crippen LogP contribution < -0.4 is 10.2 Å². The lowest BCUT2D eigenvalue weighted by molar-refractivity contribution is -0.123. The third-order valence-corrected chi connectivity index (χ3v) is 7.38. The summed E-state index contributed by atoms with van der Waals surface area (Å²) in [4.78, 5) is 51.5. The van der Waals surface area contributed by atoms with Crippen molar-refractivity contribution in [3.05, 3.63) is 58.1 Å². The fraction of sp³-hybridized carbons (Fsp3) is 0.333. The first-order valence-electron chi connectivity index (χ1n) is 10.7. The minimum atomic E-state index is -0.701. The molecule has 1 N–H and O–H groups in total. The molecule has 170 valence electrons. The molecule has 5 rings (SSSR count). The average Bonchev–Trinajstić information content (AvgIpc) is 3.48. The Morgan fingerprint density at radius 3 is 2.21 bits per heavy atom. The third-order valence-electron chi connectivity index (χ3n) is 6.83. The highest BCUT2D eigenvalue weighted by atomic mass is 35.5. The minimum Gasteiger partial charge on any atom is -0.452 e. The predicted octanol–water partition coefficient (Wildman–Crippen LogP) is 4.32. The monoisotopic (exact) mass is 486 g/mol. The summed E-state index contributed by atoms with van der Waals surface area (Å²) in [5, 5.41) is 3.24. The number of anilines is 2. The lowest BCUT2D eigenvalue weighted by atomic mass is 9.81. The number of benzene rings is 2. The Kier molecular flexibility index (Phi) is 5.62. The Bertz CT molecular complexity index is 1140. The van der Waals surface area contributed by atoms with Crippen molar-refractivity contribution >= 4 is 58.3 Å². The summed E-state index contributed by atoms with van der Waals surface area (Å²) in [5.74, 6) is -1.31. The number of fused-ring (bicyclic) bond motifs is 5. The molecule has 1 saturated heterocycles. The maximum atomic E-state index is 12.9. The number of hydrogen-bond acceptors (Lipinski definition) is 5. The van der Waals surface area contributed by atoms with Crippen LogP contribution in [0.1, 0.15) is 29.6 Å². The van der Waals surface area contributed by atoms with E-state index in [9.17, 15) is 19.2 Å². The second-order valence-electron chi connectivity index (χ2n) is 8.69. The molecule has 0 radical (unpaired) electrons. The summed E-state index contributed by atoms with van der Waals surface area (Å²) in [6.07, 6.45) is 3.01. The number of hydrogen-bond donors (Lipinski definition) is 1. The minimum absolute atomic E-state index is 0.134. The van der Waals surface area contributed by atoms with Gasteiger partial charge in [-0.25, -0.2) is 4.79 Å². The highest BCUT2D eigenvalue weighted by molar-refractivity contribution is 6.36. The van der Waals surface area contributed by atoms with E-state index in [0.717, 1.165) is 19.3 Å². The molecule has 2 aromatic carbocycles. The van der Waals surface area contributed by atoms with Gasteiger partial charge in [0.15, 0.2) is 6.61 Å². The van der Waals surface area contributed by atoms with Gasteiger partial charge in [-0.1, -0.05) is 23.2 Å². The number of carbonyl (C=O) groups excluding carboxylic acids is 4. The van der Waals surface area contributed by atoms with Crippen molar-refractivity contribution in [2.75, 3.05) is 16.8 Å². The second-order valence-corrected chi connectivity index (χ2v) is 9.54. The highest BCUT2D eigenvalue weighted by Gasteiger charge is 2.61. The normalized spacial score (nSPS) is 25.3. The van der Waals surface area contributed by atoms with Crippen molar-refractivity contribution in [2.45, 2.75) is 19.3 Å². The number of carbonyl (C=O) groups is 4. The van der Waals surface area contributed by atoms with Crippen LogP contribution in [-0.4, -0.2) is 30.3 Å². The lowest BCUT2D eigenvalue weighted by Crippen LogP contribution is -2.32. The fourth-order valence-electron chi connectivity index (χ4n) is 5.40. The summed E-state index contributed by atoms with van der Waals surface area (Å²) in [6, 6.07) is 10.7. The van der Waals surface area contributed by atoms with Crippen LogP contribution in [0.5, 0.6) is 0 Å². The Hall–Kier alpha value is -2.90. The Morgan fingerprint density at radius 2 is 1.61 bits per heavy atom. The van der Waals surface area contributed by atoms with Crippen LogP contribution in [0.15, 0.2) is 42.5 Å². The Balaban J connectivity index is 1.20. The number of nitrogens with zero attached hydrogens (tertiary/aromatic N) is 1. The third kappa shape index (κ3) is 3.89. The number of halogens is 2. The number of rotatable bonds is 5. The number of amides is 3. The molecule has 0 spiro atoms. The zero-order valence-electron chi connectivity index (χ0n) is 17.4. The maximum absolute atomic E-state index is 12.9. The first kappa shape index (κ1) is 21.9. The van der Waals surface area contributed by atoms with Crippen LogP contribution in [0.4, 0.5) is 11.4 Å². The van der Waals surface area contributed by atoms with Crippen molar-refractivity contribution in [1.82, 2.24) is 0 Å². The molecule has 3 amide bonds. The predicted molar refractivity (Wildman–Crippen MR) is 122 cm³/mol. The molecule has 2 aliphatic carbocycles. The van der Waals surface area contributed by atoms with Crippen molar-refractivity contribution in [2.24, 2.45) is 23.7 Å². The van der Waals surface area contributed by atoms with Crippen molar-refractivity contribution in [3.8, 4) is 0 Å². The van der Waals surface area contributed by atoms with E-state index in [2.05, 4.69) is 5.32 Å². The number of nitrogens with one attached hydrogen (secondary N) is 1. The van der Waals surface area contributed by atoms with Gasteiger partial charge < -0.3 is 10.1 Å². The quantitative estimate of drug-likeness (QED) is 0.501. The zero-order chi connectivity index (χ0) is 23.3. The highest BCUT2D eigenvalue weighted by Crippen LogP contribution is 2.56. The Morgan fingerprint density at radius 1 is 0.970 bits per heavy atom. The number of ether oxygens (including phenoxy) is 1. The largest absolute Gasteiger partial charge is 0.452 e. The van der Waals surface area contributed by atoms with Gasteiger partial charge in [0.05, 0.1) is 33.8 Å². The number of esters is 1. The van der Waals surface area contributed by atoms with E-state index in [1.165, 1.54) is 23.1 Å². The average molecular weight is 487 g/mol. The molecule has 4 atom stereocenters. The second kappa shape index (κ2) is 8.47. The van der Waals surface area contributed by atoms with Gasteiger partial charge in [0.25, 0.3) is 5.91 Å². The molecule has 2 bridgehead atoms. The first-order chi connectivity index (χ1) is 15.8. The van der Waals surface area contributed by atoms with Crippen LogP contribution in [0.3, 0.4) is 0 Å². The van der Waals surface area contributed by atoms with E-state index < -0.39 is 18.5 Å². The van der Waals surface area contributed by atoms with Crippen molar-refractivity contribution in [3.63, 3.8) is 0 Å². The molecule has 33 heavy (non-hydrogen) atoms. The molecule has 2 saturated carbocycles. The summed E-state index contributed by atoms with van der Waals surface area (Å²) in [5.41, 5.74) is 1.01. The van der Waals surface area contributed by atoms with E-state index in [4.69, 9.17) is 27.9 Å². The molecule has 2 aromatic rings. The molecular formula is C24H20Cl2N2O5.